The second-order valence-electron chi connectivity index (χ2n) is 4.34. The van der Waals surface area contributed by atoms with Crippen molar-refractivity contribution < 1.29 is 0 Å². The van der Waals surface area contributed by atoms with Crippen LogP contribution in [0.25, 0.3) is 11.4 Å². The maximum atomic E-state index is 4.35. The third-order valence-electron chi connectivity index (χ3n) is 3.21. The maximum Gasteiger partial charge on any atom is 0.109 e. The van der Waals surface area contributed by atoms with Gasteiger partial charge in [-0.15, -0.1) is 12.4 Å². The lowest BCUT2D eigenvalue weighted by atomic mass is 9.96. The molecule has 2 aromatic rings. The van der Waals surface area contributed by atoms with E-state index in [9.17, 15) is 0 Å². The molecule has 2 aromatic heterocycles. The van der Waals surface area contributed by atoms with Gasteiger partial charge in [0.05, 0.1) is 5.69 Å². The lowest BCUT2D eigenvalue weighted by Crippen LogP contribution is -2.28. The molecule has 1 fully saturated rings. The molecule has 0 amide bonds. The van der Waals surface area contributed by atoms with Crippen LogP contribution in [0.4, 0.5) is 0 Å². The standard InChI is InChI=1S/C12H16N4.ClH/c1-3-9(8-13-5-1)11-7-12(16-15-11)10-4-2-6-14-10;/h2,4,6-7,9,13-14H,1,3,5,8H2,(H,15,16);1H. The third kappa shape index (κ3) is 2.53. The Morgan fingerprint density at radius 2 is 2.29 bits per heavy atom. The summed E-state index contributed by atoms with van der Waals surface area (Å²) in [5, 5.41) is 10.9. The van der Waals surface area contributed by atoms with Crippen molar-refractivity contribution in [1.29, 1.82) is 0 Å². The molecule has 0 aromatic carbocycles. The van der Waals surface area contributed by atoms with Gasteiger partial charge in [-0.05, 0) is 37.6 Å². The number of halogens is 1. The number of rotatable bonds is 2. The second kappa shape index (κ2) is 5.38. The number of piperidine rings is 1. The van der Waals surface area contributed by atoms with Crippen molar-refractivity contribution in [3.8, 4) is 11.4 Å². The molecule has 3 N–H and O–H groups in total. The first kappa shape index (κ1) is 12.2. The van der Waals surface area contributed by atoms with E-state index in [2.05, 4.69) is 26.6 Å². The Morgan fingerprint density at radius 1 is 1.35 bits per heavy atom. The van der Waals surface area contributed by atoms with E-state index in [4.69, 9.17) is 0 Å². The molecule has 1 saturated heterocycles. The molecule has 0 bridgehead atoms. The Hall–Kier alpha value is -1.26. The van der Waals surface area contributed by atoms with Gasteiger partial charge in [-0.25, -0.2) is 0 Å². The van der Waals surface area contributed by atoms with Gasteiger partial charge >= 0.3 is 0 Å². The molecule has 1 atom stereocenters. The van der Waals surface area contributed by atoms with E-state index in [1.807, 2.05) is 18.3 Å². The summed E-state index contributed by atoms with van der Waals surface area (Å²) in [4.78, 5) is 3.17. The highest BCUT2D eigenvalue weighted by atomic mass is 35.5. The molecule has 4 nitrogen and oxygen atoms in total. The quantitative estimate of drug-likeness (QED) is 0.768. The lowest BCUT2D eigenvalue weighted by molar-refractivity contribution is 0.454. The Labute approximate surface area is 107 Å². The molecule has 1 aliphatic heterocycles. The molecule has 0 saturated carbocycles. The van der Waals surface area contributed by atoms with Gasteiger partial charge in [0.1, 0.15) is 5.69 Å². The van der Waals surface area contributed by atoms with Crippen molar-refractivity contribution in [2.45, 2.75) is 18.8 Å². The van der Waals surface area contributed by atoms with Gasteiger partial charge in [-0.3, -0.25) is 5.10 Å². The summed E-state index contributed by atoms with van der Waals surface area (Å²) in [7, 11) is 0. The summed E-state index contributed by atoms with van der Waals surface area (Å²) >= 11 is 0. The molecule has 1 aliphatic rings. The molecule has 0 spiro atoms. The summed E-state index contributed by atoms with van der Waals surface area (Å²) in [6.45, 7) is 2.21. The van der Waals surface area contributed by atoms with Gasteiger partial charge in [0.15, 0.2) is 0 Å². The SMILES string of the molecule is Cl.c1c[nH]c(-c2cc(C3CCCNC3)[nH]n2)c1. The van der Waals surface area contributed by atoms with E-state index in [0.717, 1.165) is 24.5 Å². The molecule has 0 aliphatic carbocycles. The smallest absolute Gasteiger partial charge is 0.109 e. The maximum absolute atomic E-state index is 4.35. The highest BCUT2D eigenvalue weighted by Crippen LogP contribution is 2.24. The Balaban J connectivity index is 0.00000108. The number of nitrogens with zero attached hydrogens (tertiary/aromatic N) is 1. The number of hydrogen-bond acceptors (Lipinski definition) is 2. The van der Waals surface area contributed by atoms with Gasteiger partial charge in [-0.1, -0.05) is 0 Å². The van der Waals surface area contributed by atoms with E-state index >= 15 is 0 Å². The van der Waals surface area contributed by atoms with E-state index in [1.165, 1.54) is 18.5 Å². The Bertz CT molecular complexity index is 443. The monoisotopic (exact) mass is 252 g/mol. The van der Waals surface area contributed by atoms with Crippen LogP contribution in [-0.4, -0.2) is 28.3 Å². The topological polar surface area (TPSA) is 56.5 Å². The lowest BCUT2D eigenvalue weighted by Gasteiger charge is -2.21. The zero-order chi connectivity index (χ0) is 10.8. The molecule has 17 heavy (non-hydrogen) atoms. The van der Waals surface area contributed by atoms with Crippen molar-refractivity contribution in [2.24, 2.45) is 0 Å². The summed E-state index contributed by atoms with van der Waals surface area (Å²) in [6.07, 6.45) is 4.42. The van der Waals surface area contributed by atoms with E-state index < -0.39 is 0 Å². The molecule has 3 rings (SSSR count). The van der Waals surface area contributed by atoms with Crippen LogP contribution < -0.4 is 5.32 Å². The minimum atomic E-state index is 0. The average Bonchev–Trinajstić information content (AvgIpc) is 3.01. The van der Waals surface area contributed by atoms with Gasteiger partial charge < -0.3 is 10.3 Å². The Kier molecular flexibility index (Phi) is 3.86. The summed E-state index contributed by atoms with van der Waals surface area (Å²) in [5.41, 5.74) is 3.33. The van der Waals surface area contributed by atoms with Crippen molar-refractivity contribution in [3.05, 3.63) is 30.1 Å². The minimum absolute atomic E-state index is 0. The third-order valence-corrected chi connectivity index (χ3v) is 3.21. The predicted molar refractivity (Wildman–Crippen MR) is 70.5 cm³/mol. The fourth-order valence-corrected chi connectivity index (χ4v) is 2.29. The first-order valence-corrected chi connectivity index (χ1v) is 5.83. The number of nitrogens with one attached hydrogen (secondary N) is 3. The zero-order valence-corrected chi connectivity index (χ0v) is 10.4. The molecule has 5 heteroatoms. The van der Waals surface area contributed by atoms with Gasteiger partial charge in [0.2, 0.25) is 0 Å². The number of aromatic nitrogens is 3. The highest BCUT2D eigenvalue weighted by molar-refractivity contribution is 5.85. The zero-order valence-electron chi connectivity index (χ0n) is 9.57. The van der Waals surface area contributed by atoms with Crippen LogP contribution in [0.3, 0.4) is 0 Å². The molecule has 1 unspecified atom stereocenters. The second-order valence-corrected chi connectivity index (χ2v) is 4.34. The summed E-state index contributed by atoms with van der Waals surface area (Å²) in [6, 6.07) is 6.19. The normalized spacial score (nSPS) is 19.9. The van der Waals surface area contributed by atoms with E-state index in [0.29, 0.717) is 5.92 Å². The van der Waals surface area contributed by atoms with E-state index in [-0.39, 0.29) is 12.4 Å². The number of hydrogen-bond donors (Lipinski definition) is 3. The molecule has 0 radical (unpaired) electrons. The van der Waals surface area contributed by atoms with Crippen LogP contribution in [0, 0.1) is 0 Å². The molecule has 3 heterocycles. The molecular formula is C12H17ClN4. The van der Waals surface area contributed by atoms with Crippen molar-refractivity contribution in [2.75, 3.05) is 13.1 Å². The van der Waals surface area contributed by atoms with Crippen LogP contribution in [0.15, 0.2) is 24.4 Å². The average molecular weight is 253 g/mol. The predicted octanol–water partition coefficient (Wildman–Crippen LogP) is 2.29. The van der Waals surface area contributed by atoms with Crippen LogP contribution >= 0.6 is 12.4 Å². The van der Waals surface area contributed by atoms with Crippen LogP contribution in [-0.2, 0) is 0 Å². The van der Waals surface area contributed by atoms with Gasteiger partial charge in [0.25, 0.3) is 0 Å². The van der Waals surface area contributed by atoms with Crippen molar-refractivity contribution in [3.63, 3.8) is 0 Å². The summed E-state index contributed by atoms with van der Waals surface area (Å²) in [5.74, 6) is 0.588. The van der Waals surface area contributed by atoms with Crippen LogP contribution in [0.2, 0.25) is 0 Å². The fraction of sp³-hybridized carbons (Fsp3) is 0.417. The van der Waals surface area contributed by atoms with Gasteiger partial charge in [-0.2, -0.15) is 5.10 Å². The van der Waals surface area contributed by atoms with Crippen molar-refractivity contribution in [1.82, 2.24) is 20.5 Å². The summed E-state index contributed by atoms with van der Waals surface area (Å²) < 4.78 is 0. The molecule has 92 valence electrons. The van der Waals surface area contributed by atoms with Crippen LogP contribution in [0.1, 0.15) is 24.5 Å². The fourth-order valence-electron chi connectivity index (χ4n) is 2.29. The van der Waals surface area contributed by atoms with Gasteiger partial charge in [0, 0.05) is 24.4 Å². The first-order valence-electron chi connectivity index (χ1n) is 5.83. The highest BCUT2D eigenvalue weighted by Gasteiger charge is 2.17. The van der Waals surface area contributed by atoms with E-state index in [1.54, 1.807) is 0 Å². The van der Waals surface area contributed by atoms with Crippen LogP contribution in [0.5, 0.6) is 0 Å². The minimum Gasteiger partial charge on any atom is -0.360 e. The number of aromatic amines is 2. The number of H-pyrrole nitrogens is 2. The van der Waals surface area contributed by atoms with Crippen molar-refractivity contribution >= 4 is 12.4 Å². The Morgan fingerprint density at radius 3 is 3.00 bits per heavy atom. The largest absolute Gasteiger partial charge is 0.360 e. The first-order chi connectivity index (χ1) is 7.93. The molecular weight excluding hydrogens is 236 g/mol.